The molecule has 1 aromatic heterocycles. The van der Waals surface area contributed by atoms with E-state index in [0.29, 0.717) is 25.5 Å². The Bertz CT molecular complexity index is 464. The number of methoxy groups -OCH3 is 1. The van der Waals surface area contributed by atoms with Crippen LogP contribution in [0, 0.1) is 5.92 Å². The molecule has 0 aliphatic carbocycles. The van der Waals surface area contributed by atoms with Crippen LogP contribution in [0.15, 0.2) is 12.4 Å². The van der Waals surface area contributed by atoms with Gasteiger partial charge >= 0.3 is 0 Å². The molecule has 6 heteroatoms. The molecule has 1 aliphatic rings. The van der Waals surface area contributed by atoms with Crippen LogP contribution in [0.2, 0.25) is 0 Å². The average molecular weight is 278 g/mol. The number of amides is 1. The number of likely N-dealkylation sites (tertiary alicyclic amines) is 1. The van der Waals surface area contributed by atoms with Crippen LogP contribution in [-0.2, 0) is 16.0 Å². The number of rotatable bonds is 6. The van der Waals surface area contributed by atoms with Crippen LogP contribution in [0.25, 0.3) is 0 Å². The molecule has 1 fully saturated rings. The second kappa shape index (κ2) is 6.65. The summed E-state index contributed by atoms with van der Waals surface area (Å²) in [5.74, 6) is 1.45. The summed E-state index contributed by atoms with van der Waals surface area (Å²) in [5.41, 5.74) is 0.995. The van der Waals surface area contributed by atoms with Gasteiger partial charge in [0.15, 0.2) is 0 Å². The van der Waals surface area contributed by atoms with Crippen molar-refractivity contribution in [1.29, 1.82) is 0 Å². The van der Waals surface area contributed by atoms with Gasteiger partial charge in [-0.15, -0.1) is 0 Å². The zero-order chi connectivity index (χ0) is 14.5. The average Bonchev–Trinajstić information content (AvgIpc) is 2.76. The van der Waals surface area contributed by atoms with Crippen LogP contribution in [0.1, 0.15) is 12.1 Å². The predicted molar refractivity (Wildman–Crippen MR) is 76.6 cm³/mol. The summed E-state index contributed by atoms with van der Waals surface area (Å²) in [6.07, 6.45) is 3.01. The third-order valence-corrected chi connectivity index (χ3v) is 3.53. The lowest BCUT2D eigenvalue weighted by Gasteiger charge is -2.16. The summed E-state index contributed by atoms with van der Waals surface area (Å²) >= 11 is 0. The minimum atomic E-state index is 0.217. The summed E-state index contributed by atoms with van der Waals surface area (Å²) in [6, 6.07) is 1.99. The van der Waals surface area contributed by atoms with Crippen molar-refractivity contribution >= 4 is 11.7 Å². The molecular formula is C14H22N4O2. The van der Waals surface area contributed by atoms with Crippen LogP contribution in [-0.4, -0.2) is 61.7 Å². The van der Waals surface area contributed by atoms with Crippen molar-refractivity contribution in [1.82, 2.24) is 14.9 Å². The molecule has 2 rings (SSSR count). The first-order valence-electron chi connectivity index (χ1n) is 6.85. The highest BCUT2D eigenvalue weighted by Gasteiger charge is 2.29. The zero-order valence-electron chi connectivity index (χ0n) is 12.4. The molecule has 1 aliphatic heterocycles. The lowest BCUT2D eigenvalue weighted by Crippen LogP contribution is -2.29. The molecule has 20 heavy (non-hydrogen) atoms. The molecule has 1 aromatic rings. The Morgan fingerprint density at radius 2 is 2.25 bits per heavy atom. The molecule has 0 unspecified atom stereocenters. The lowest BCUT2D eigenvalue weighted by molar-refractivity contribution is -0.128. The van der Waals surface area contributed by atoms with Crippen molar-refractivity contribution in [2.24, 2.45) is 5.92 Å². The van der Waals surface area contributed by atoms with Gasteiger partial charge < -0.3 is 14.5 Å². The first kappa shape index (κ1) is 14.7. The molecule has 0 bridgehead atoms. The van der Waals surface area contributed by atoms with E-state index in [1.165, 1.54) is 0 Å². The number of hydrogen-bond acceptors (Lipinski definition) is 5. The fraction of sp³-hybridized carbons (Fsp3) is 0.643. The van der Waals surface area contributed by atoms with Crippen molar-refractivity contribution < 1.29 is 9.53 Å². The van der Waals surface area contributed by atoms with Gasteiger partial charge in [-0.3, -0.25) is 4.79 Å². The van der Waals surface area contributed by atoms with Gasteiger partial charge in [0, 0.05) is 52.5 Å². The Morgan fingerprint density at radius 1 is 1.45 bits per heavy atom. The summed E-state index contributed by atoms with van der Waals surface area (Å²) in [5, 5.41) is 0. The first-order valence-corrected chi connectivity index (χ1v) is 6.85. The standard InChI is InChI=1S/C14H22N4O2/c1-17(2)13-8-12(15-10-16-13)6-11-7-14(19)18(9-11)4-5-20-3/h8,10-11H,4-7,9H2,1-3H3/t11-/m1/s1. The number of carbonyl (C=O) groups is 1. The van der Waals surface area contributed by atoms with E-state index in [9.17, 15) is 4.79 Å². The minimum absolute atomic E-state index is 0.217. The molecule has 0 N–H and O–H groups in total. The van der Waals surface area contributed by atoms with E-state index < -0.39 is 0 Å². The highest BCUT2D eigenvalue weighted by atomic mass is 16.5. The summed E-state index contributed by atoms with van der Waals surface area (Å²) < 4.78 is 5.03. The highest BCUT2D eigenvalue weighted by molar-refractivity contribution is 5.78. The Kier molecular flexibility index (Phi) is 4.89. The molecule has 2 heterocycles. The van der Waals surface area contributed by atoms with Gasteiger partial charge in [-0.25, -0.2) is 9.97 Å². The van der Waals surface area contributed by atoms with Gasteiger partial charge in [-0.2, -0.15) is 0 Å². The SMILES string of the molecule is COCCN1C[C@H](Cc2cc(N(C)C)ncn2)CC1=O. The molecule has 0 aromatic carbocycles. The Hall–Kier alpha value is -1.69. The second-order valence-electron chi connectivity index (χ2n) is 5.37. The molecule has 1 saturated heterocycles. The first-order chi connectivity index (χ1) is 9.60. The van der Waals surface area contributed by atoms with Gasteiger partial charge in [0.25, 0.3) is 0 Å². The second-order valence-corrected chi connectivity index (χ2v) is 5.37. The smallest absolute Gasteiger partial charge is 0.223 e. The third-order valence-electron chi connectivity index (χ3n) is 3.53. The number of carbonyl (C=O) groups excluding carboxylic acids is 1. The number of ether oxygens (including phenoxy) is 1. The fourth-order valence-corrected chi connectivity index (χ4v) is 2.45. The van der Waals surface area contributed by atoms with Gasteiger partial charge in [0.1, 0.15) is 12.1 Å². The van der Waals surface area contributed by atoms with E-state index in [0.717, 1.165) is 24.5 Å². The van der Waals surface area contributed by atoms with E-state index in [1.54, 1.807) is 13.4 Å². The molecule has 110 valence electrons. The van der Waals surface area contributed by atoms with Crippen LogP contribution in [0.5, 0.6) is 0 Å². The molecule has 0 radical (unpaired) electrons. The molecule has 1 amide bonds. The molecular weight excluding hydrogens is 256 g/mol. The van der Waals surface area contributed by atoms with Crippen molar-refractivity contribution in [3.8, 4) is 0 Å². The molecule has 0 spiro atoms. The van der Waals surface area contributed by atoms with Crippen molar-refractivity contribution in [3.05, 3.63) is 18.1 Å². The van der Waals surface area contributed by atoms with Crippen LogP contribution in [0.3, 0.4) is 0 Å². The molecule has 0 saturated carbocycles. The monoisotopic (exact) mass is 278 g/mol. The van der Waals surface area contributed by atoms with E-state index in [-0.39, 0.29) is 5.91 Å². The van der Waals surface area contributed by atoms with Crippen molar-refractivity contribution in [3.63, 3.8) is 0 Å². The largest absolute Gasteiger partial charge is 0.383 e. The van der Waals surface area contributed by atoms with Gasteiger partial charge in [0.2, 0.25) is 5.91 Å². The maximum absolute atomic E-state index is 11.9. The Morgan fingerprint density at radius 3 is 2.95 bits per heavy atom. The van der Waals surface area contributed by atoms with E-state index >= 15 is 0 Å². The van der Waals surface area contributed by atoms with E-state index in [1.807, 2.05) is 30.0 Å². The topological polar surface area (TPSA) is 58.6 Å². The van der Waals surface area contributed by atoms with Crippen molar-refractivity contribution in [2.75, 3.05) is 45.8 Å². The minimum Gasteiger partial charge on any atom is -0.383 e. The van der Waals surface area contributed by atoms with Crippen molar-refractivity contribution in [2.45, 2.75) is 12.8 Å². The van der Waals surface area contributed by atoms with Gasteiger partial charge in [-0.1, -0.05) is 0 Å². The number of anilines is 1. The fourth-order valence-electron chi connectivity index (χ4n) is 2.45. The maximum atomic E-state index is 11.9. The van der Waals surface area contributed by atoms with E-state index in [4.69, 9.17) is 4.74 Å². The number of nitrogens with zero attached hydrogens (tertiary/aromatic N) is 4. The normalized spacial score (nSPS) is 18.6. The summed E-state index contributed by atoms with van der Waals surface area (Å²) in [6.45, 7) is 2.07. The van der Waals surface area contributed by atoms with Gasteiger partial charge in [-0.05, 0) is 12.3 Å². The summed E-state index contributed by atoms with van der Waals surface area (Å²) in [4.78, 5) is 24.2. The number of hydrogen-bond donors (Lipinski definition) is 0. The van der Waals surface area contributed by atoms with Crippen LogP contribution < -0.4 is 4.90 Å². The molecule has 1 atom stereocenters. The summed E-state index contributed by atoms with van der Waals surface area (Å²) in [7, 11) is 5.57. The quantitative estimate of drug-likeness (QED) is 0.762. The highest BCUT2D eigenvalue weighted by Crippen LogP contribution is 2.22. The molecule has 6 nitrogen and oxygen atoms in total. The third kappa shape index (κ3) is 3.66. The van der Waals surface area contributed by atoms with Gasteiger partial charge in [0.05, 0.1) is 6.61 Å². The van der Waals surface area contributed by atoms with E-state index in [2.05, 4.69) is 9.97 Å². The van der Waals surface area contributed by atoms with Crippen LogP contribution >= 0.6 is 0 Å². The number of aromatic nitrogens is 2. The zero-order valence-corrected chi connectivity index (χ0v) is 12.4. The lowest BCUT2D eigenvalue weighted by atomic mass is 10.0. The Balaban J connectivity index is 1.94. The maximum Gasteiger partial charge on any atom is 0.223 e. The predicted octanol–water partition coefficient (Wildman–Crippen LogP) is 0.580. The Labute approximate surface area is 119 Å². The van der Waals surface area contributed by atoms with Crippen LogP contribution in [0.4, 0.5) is 5.82 Å².